The standard InChI is InChI=1S/C15H20N2O2S/c1-11(2)15-13(12-6-5-9-17(3)10-12)7-4-8-14(15)20(16,18)19/h4,6-8H,1,5,9-10H2,2-3H3,(H2,16,18,19). The Morgan fingerprint density at radius 3 is 2.65 bits per heavy atom. The van der Waals surface area contributed by atoms with Gasteiger partial charge in [-0.1, -0.05) is 24.8 Å². The number of rotatable bonds is 3. The fraction of sp³-hybridized carbons (Fsp3) is 0.333. The number of allylic oxidation sites excluding steroid dienone is 1. The molecule has 2 N–H and O–H groups in total. The third-order valence-electron chi connectivity index (χ3n) is 3.45. The summed E-state index contributed by atoms with van der Waals surface area (Å²) in [5.74, 6) is 0. The van der Waals surface area contributed by atoms with Crippen LogP contribution in [0, 0.1) is 0 Å². The summed E-state index contributed by atoms with van der Waals surface area (Å²) in [6.45, 7) is 7.53. The molecule has 0 aliphatic carbocycles. The number of nitrogens with two attached hydrogens (primary N) is 1. The van der Waals surface area contributed by atoms with Crippen molar-refractivity contribution in [3.05, 3.63) is 42.0 Å². The zero-order chi connectivity index (χ0) is 14.9. The topological polar surface area (TPSA) is 63.4 Å². The number of nitrogens with zero attached hydrogens (tertiary/aromatic N) is 1. The lowest BCUT2D eigenvalue weighted by Gasteiger charge is -2.25. The highest BCUT2D eigenvalue weighted by atomic mass is 32.2. The lowest BCUT2D eigenvalue weighted by molar-refractivity contribution is 0.373. The van der Waals surface area contributed by atoms with Crippen molar-refractivity contribution in [3.8, 4) is 0 Å². The molecule has 1 aliphatic rings. The van der Waals surface area contributed by atoms with Gasteiger partial charge in [-0.25, -0.2) is 13.6 Å². The summed E-state index contributed by atoms with van der Waals surface area (Å²) in [5.41, 5.74) is 3.38. The van der Waals surface area contributed by atoms with E-state index in [2.05, 4.69) is 24.6 Å². The quantitative estimate of drug-likeness (QED) is 0.927. The van der Waals surface area contributed by atoms with Gasteiger partial charge in [-0.15, -0.1) is 0 Å². The van der Waals surface area contributed by atoms with Crippen LogP contribution in [-0.4, -0.2) is 33.5 Å². The van der Waals surface area contributed by atoms with Gasteiger partial charge in [-0.05, 0) is 43.2 Å². The Morgan fingerprint density at radius 2 is 2.10 bits per heavy atom. The van der Waals surface area contributed by atoms with E-state index in [1.807, 2.05) is 6.07 Å². The zero-order valence-corrected chi connectivity index (χ0v) is 12.7. The minimum Gasteiger partial charge on any atom is -0.302 e. The van der Waals surface area contributed by atoms with Gasteiger partial charge in [0, 0.05) is 18.7 Å². The maximum Gasteiger partial charge on any atom is 0.238 e. The van der Waals surface area contributed by atoms with Crippen molar-refractivity contribution in [2.24, 2.45) is 5.14 Å². The first-order chi connectivity index (χ1) is 9.30. The van der Waals surface area contributed by atoms with Crippen LogP contribution in [0.3, 0.4) is 0 Å². The van der Waals surface area contributed by atoms with Crippen LogP contribution in [0.2, 0.25) is 0 Å². The minimum absolute atomic E-state index is 0.150. The second-order valence-electron chi connectivity index (χ2n) is 5.26. The Kier molecular flexibility index (Phi) is 4.13. The van der Waals surface area contributed by atoms with Crippen molar-refractivity contribution in [2.45, 2.75) is 18.2 Å². The van der Waals surface area contributed by atoms with E-state index < -0.39 is 10.0 Å². The SMILES string of the molecule is C=C(C)c1c(C2=CCCN(C)C2)cccc1S(N)(=O)=O. The van der Waals surface area contributed by atoms with Crippen molar-refractivity contribution in [1.82, 2.24) is 4.90 Å². The van der Waals surface area contributed by atoms with E-state index in [-0.39, 0.29) is 4.90 Å². The number of primary sulfonamides is 1. The monoisotopic (exact) mass is 292 g/mol. The van der Waals surface area contributed by atoms with Gasteiger partial charge in [0.1, 0.15) is 0 Å². The van der Waals surface area contributed by atoms with Crippen LogP contribution >= 0.6 is 0 Å². The molecule has 0 saturated carbocycles. The molecule has 0 fully saturated rings. The fourth-order valence-corrected chi connectivity index (χ4v) is 3.40. The maximum absolute atomic E-state index is 11.8. The fourth-order valence-electron chi connectivity index (χ4n) is 2.56. The lowest BCUT2D eigenvalue weighted by atomic mass is 9.93. The largest absolute Gasteiger partial charge is 0.302 e. The molecule has 1 aromatic carbocycles. The molecular formula is C15H20N2O2S. The Bertz CT molecular complexity index is 675. The van der Waals surface area contributed by atoms with Gasteiger partial charge in [0.25, 0.3) is 0 Å². The summed E-state index contributed by atoms with van der Waals surface area (Å²) < 4.78 is 23.5. The van der Waals surface area contributed by atoms with Crippen molar-refractivity contribution < 1.29 is 8.42 Å². The Balaban J connectivity index is 2.65. The predicted molar refractivity (Wildman–Crippen MR) is 82.6 cm³/mol. The second kappa shape index (κ2) is 5.52. The summed E-state index contributed by atoms with van der Waals surface area (Å²) in [6, 6.07) is 5.20. The molecule has 2 rings (SSSR count). The van der Waals surface area contributed by atoms with Crippen molar-refractivity contribution in [3.63, 3.8) is 0 Å². The van der Waals surface area contributed by atoms with E-state index in [1.54, 1.807) is 13.0 Å². The highest BCUT2D eigenvalue weighted by molar-refractivity contribution is 7.89. The maximum atomic E-state index is 11.8. The van der Waals surface area contributed by atoms with E-state index in [4.69, 9.17) is 5.14 Å². The number of sulfonamides is 1. The van der Waals surface area contributed by atoms with Crippen molar-refractivity contribution in [1.29, 1.82) is 0 Å². The smallest absolute Gasteiger partial charge is 0.238 e. The third-order valence-corrected chi connectivity index (χ3v) is 4.40. The van der Waals surface area contributed by atoms with Gasteiger partial charge in [-0.2, -0.15) is 0 Å². The number of hydrogen-bond donors (Lipinski definition) is 1. The Morgan fingerprint density at radius 1 is 1.40 bits per heavy atom. The molecule has 0 radical (unpaired) electrons. The van der Waals surface area contributed by atoms with Gasteiger partial charge in [-0.3, -0.25) is 0 Å². The molecule has 108 valence electrons. The number of likely N-dealkylation sites (N-methyl/N-ethyl adjacent to an activating group) is 1. The molecule has 5 heteroatoms. The molecule has 1 aliphatic heterocycles. The van der Waals surface area contributed by atoms with Crippen LogP contribution in [0.5, 0.6) is 0 Å². The highest BCUT2D eigenvalue weighted by Gasteiger charge is 2.20. The molecule has 0 atom stereocenters. The van der Waals surface area contributed by atoms with E-state index in [0.717, 1.165) is 30.6 Å². The molecule has 4 nitrogen and oxygen atoms in total. The molecule has 0 aromatic heterocycles. The summed E-state index contributed by atoms with van der Waals surface area (Å²) in [5, 5.41) is 5.32. The molecule has 0 unspecified atom stereocenters. The summed E-state index contributed by atoms with van der Waals surface area (Å²) in [4.78, 5) is 2.36. The summed E-state index contributed by atoms with van der Waals surface area (Å²) in [7, 11) is -1.70. The number of benzene rings is 1. The summed E-state index contributed by atoms with van der Waals surface area (Å²) >= 11 is 0. The van der Waals surface area contributed by atoms with Gasteiger partial charge >= 0.3 is 0 Å². The average molecular weight is 292 g/mol. The van der Waals surface area contributed by atoms with E-state index in [1.165, 1.54) is 6.07 Å². The normalized spacial score (nSPS) is 16.9. The predicted octanol–water partition coefficient (Wildman–Crippen LogP) is 2.09. The number of hydrogen-bond acceptors (Lipinski definition) is 3. The van der Waals surface area contributed by atoms with Crippen molar-refractivity contribution in [2.75, 3.05) is 20.1 Å². The summed E-state index contributed by atoms with van der Waals surface area (Å²) in [6.07, 6.45) is 3.12. The van der Waals surface area contributed by atoms with Crippen LogP contribution in [0.4, 0.5) is 0 Å². The Labute approximate surface area is 120 Å². The zero-order valence-electron chi connectivity index (χ0n) is 11.9. The average Bonchev–Trinajstić information content (AvgIpc) is 2.36. The molecule has 20 heavy (non-hydrogen) atoms. The van der Waals surface area contributed by atoms with Gasteiger partial charge in [0.05, 0.1) is 4.90 Å². The Hall–Kier alpha value is -1.43. The van der Waals surface area contributed by atoms with Crippen LogP contribution in [0.25, 0.3) is 11.1 Å². The van der Waals surface area contributed by atoms with Crippen LogP contribution in [-0.2, 0) is 10.0 Å². The molecule has 0 saturated heterocycles. The molecule has 1 aromatic rings. The first-order valence-electron chi connectivity index (χ1n) is 6.50. The van der Waals surface area contributed by atoms with E-state index >= 15 is 0 Å². The molecule has 0 amide bonds. The minimum atomic E-state index is -3.75. The third kappa shape index (κ3) is 3.00. The van der Waals surface area contributed by atoms with Crippen molar-refractivity contribution >= 4 is 21.2 Å². The van der Waals surface area contributed by atoms with E-state index in [9.17, 15) is 8.42 Å². The molecule has 0 spiro atoms. The van der Waals surface area contributed by atoms with Crippen LogP contribution < -0.4 is 5.14 Å². The molecule has 0 bridgehead atoms. The highest BCUT2D eigenvalue weighted by Crippen LogP contribution is 2.31. The first kappa shape index (κ1) is 15.0. The lowest BCUT2D eigenvalue weighted by Crippen LogP contribution is -2.25. The first-order valence-corrected chi connectivity index (χ1v) is 8.05. The molecule has 1 heterocycles. The van der Waals surface area contributed by atoms with Gasteiger partial charge < -0.3 is 4.90 Å². The van der Waals surface area contributed by atoms with Gasteiger partial charge in [0.15, 0.2) is 0 Å². The molecular weight excluding hydrogens is 272 g/mol. The van der Waals surface area contributed by atoms with Crippen LogP contribution in [0.1, 0.15) is 24.5 Å². The second-order valence-corrected chi connectivity index (χ2v) is 6.79. The van der Waals surface area contributed by atoms with E-state index in [0.29, 0.717) is 11.1 Å². The van der Waals surface area contributed by atoms with Crippen LogP contribution in [0.15, 0.2) is 35.7 Å². The van der Waals surface area contributed by atoms with Gasteiger partial charge in [0.2, 0.25) is 10.0 Å².